The molecular weight excluding hydrogens is 853 g/mol. The van der Waals surface area contributed by atoms with E-state index >= 15 is 0 Å². The summed E-state index contributed by atoms with van der Waals surface area (Å²) in [6, 6.07) is 33.9. The van der Waals surface area contributed by atoms with Crippen LogP contribution in [0.25, 0.3) is 22.1 Å². The van der Waals surface area contributed by atoms with E-state index < -0.39 is 0 Å². The van der Waals surface area contributed by atoms with E-state index in [2.05, 4.69) is 73.5 Å². The van der Waals surface area contributed by atoms with Crippen molar-refractivity contribution >= 4 is 44.7 Å². The maximum absolute atomic E-state index is 10.8. The molecule has 10 heteroatoms. The Morgan fingerprint density at radius 1 is 0.545 bits per heavy atom. The van der Waals surface area contributed by atoms with E-state index in [1.54, 1.807) is 0 Å². The fraction of sp³-hybridized carbons (Fsp3) is 0.429. The van der Waals surface area contributed by atoms with Gasteiger partial charge in [0.25, 0.3) is 0 Å². The molecule has 340 valence electrons. The van der Waals surface area contributed by atoms with E-state index in [-0.39, 0.29) is 12.2 Å². The molecule has 4 aliphatic rings. The van der Waals surface area contributed by atoms with E-state index in [0.29, 0.717) is 35.5 Å². The highest BCUT2D eigenvalue weighted by atomic mass is 32.1. The Kier molecular flexibility index (Phi) is 12.0. The highest BCUT2D eigenvalue weighted by Crippen LogP contribution is 2.45. The molecule has 4 aliphatic carbocycles. The van der Waals surface area contributed by atoms with Gasteiger partial charge in [-0.05, 0) is 161 Å². The largest absolute Gasteiger partial charge is 0.388 e. The number of hydrogen-bond donors (Lipinski definition) is 2. The number of benzene rings is 4. The summed E-state index contributed by atoms with van der Waals surface area (Å²) in [5, 5.41) is 24.0. The molecule has 8 aromatic rings. The van der Waals surface area contributed by atoms with Crippen LogP contribution in [0.15, 0.2) is 97.1 Å². The van der Waals surface area contributed by atoms with Gasteiger partial charge in [0.15, 0.2) is 0 Å². The lowest BCUT2D eigenvalue weighted by Crippen LogP contribution is -2.10. The summed E-state index contributed by atoms with van der Waals surface area (Å²) < 4.78 is 4.59. The second kappa shape index (κ2) is 18.2. The van der Waals surface area contributed by atoms with Gasteiger partial charge < -0.3 is 19.3 Å². The van der Waals surface area contributed by atoms with E-state index in [1.807, 2.05) is 83.3 Å². The molecule has 66 heavy (non-hydrogen) atoms. The highest BCUT2D eigenvalue weighted by molar-refractivity contribution is 7.12. The maximum Gasteiger partial charge on any atom is 0.118 e. The molecule has 12 rings (SSSR count). The van der Waals surface area contributed by atoms with Crippen LogP contribution in [0.1, 0.15) is 140 Å². The second-order valence-electron chi connectivity index (χ2n) is 20.0. The quantitative estimate of drug-likeness (QED) is 0.142. The number of hydrogen-bond acceptors (Lipinski definition) is 8. The van der Waals surface area contributed by atoms with Gasteiger partial charge in [-0.2, -0.15) is 0 Å². The zero-order chi connectivity index (χ0) is 45.1. The van der Waals surface area contributed by atoms with Crippen molar-refractivity contribution in [2.45, 2.75) is 115 Å². The van der Waals surface area contributed by atoms with E-state index in [4.69, 9.17) is 19.9 Å². The predicted octanol–water partition coefficient (Wildman–Crippen LogP) is 12.2. The van der Waals surface area contributed by atoms with Crippen molar-refractivity contribution in [3.63, 3.8) is 0 Å². The van der Waals surface area contributed by atoms with Crippen LogP contribution in [0.3, 0.4) is 0 Å². The fourth-order valence-electron chi connectivity index (χ4n) is 12.3. The molecule has 2 N–H and O–H groups in total. The minimum Gasteiger partial charge on any atom is -0.388 e. The summed E-state index contributed by atoms with van der Waals surface area (Å²) in [6.45, 7) is 4.21. The Bertz CT molecular complexity index is 2780. The molecule has 2 fully saturated rings. The molecule has 2 saturated carbocycles. The molecule has 0 amide bonds. The summed E-state index contributed by atoms with van der Waals surface area (Å²) in [5.74, 6) is 4.94. The van der Waals surface area contributed by atoms with Crippen LogP contribution >= 0.6 is 22.7 Å². The second-order valence-corrected chi connectivity index (χ2v) is 22.5. The van der Waals surface area contributed by atoms with Gasteiger partial charge in [0, 0.05) is 23.8 Å². The summed E-state index contributed by atoms with van der Waals surface area (Å²) in [7, 11) is 4.32. The molecule has 0 spiro atoms. The fourth-order valence-corrected chi connectivity index (χ4v) is 14.3. The molecule has 0 aliphatic heterocycles. The average Bonchev–Trinajstić information content (AvgIpc) is 4.22. The smallest absolute Gasteiger partial charge is 0.118 e. The summed E-state index contributed by atoms with van der Waals surface area (Å²) in [6.07, 6.45) is 12.7. The van der Waals surface area contributed by atoms with Crippen LogP contribution in [-0.4, -0.2) is 39.3 Å². The van der Waals surface area contributed by atoms with Crippen LogP contribution in [0, 0.1) is 37.5 Å². The monoisotopic (exact) mass is 914 g/mol. The summed E-state index contributed by atoms with van der Waals surface area (Å²) in [4.78, 5) is 22.6. The van der Waals surface area contributed by atoms with Gasteiger partial charge in [-0.15, -0.1) is 22.7 Å². The van der Waals surface area contributed by atoms with Crippen molar-refractivity contribution in [1.29, 1.82) is 0 Å². The van der Waals surface area contributed by atoms with E-state index in [0.717, 1.165) is 108 Å². The third-order valence-corrected chi connectivity index (χ3v) is 17.7. The number of aliphatic hydroxyl groups excluding tert-OH is 2. The van der Waals surface area contributed by atoms with Crippen molar-refractivity contribution < 1.29 is 10.2 Å². The lowest BCUT2D eigenvalue weighted by molar-refractivity contribution is 0.109. The molecule has 4 heterocycles. The van der Waals surface area contributed by atoms with Crippen LogP contribution < -0.4 is 0 Å². The average molecular weight is 915 g/mol. The van der Waals surface area contributed by atoms with Gasteiger partial charge in [0.1, 0.15) is 11.6 Å². The molecule has 2 unspecified atom stereocenters. The number of rotatable bonds is 10. The van der Waals surface area contributed by atoms with Crippen molar-refractivity contribution in [3.8, 4) is 0 Å². The normalized spacial score (nSPS) is 23.3. The number of fused-ring (bicyclic) bond motifs is 4. The zero-order valence-corrected chi connectivity index (χ0v) is 40.4. The number of aryl methyl sites for hydroxylation is 6. The Morgan fingerprint density at radius 2 is 0.970 bits per heavy atom. The lowest BCUT2D eigenvalue weighted by Gasteiger charge is -2.19. The minimum atomic E-state index is -0.344. The first-order valence-corrected chi connectivity index (χ1v) is 26.1. The SMILES string of the molecule is Cc1nc2c(s1)CC[C@@H]2c1nc2ccc(CC3CC[C@H]([C@H](O)c4ccccc4)C3)cc2n1C.Cc1nc2c(s1)CC[C@H]2c1nc2ccc(CC3CC[C@H]([C@H](O)c4ccccc4)C3)cc2n1C. The summed E-state index contributed by atoms with van der Waals surface area (Å²) >= 11 is 3.69. The Balaban J connectivity index is 0.000000146. The Labute approximate surface area is 396 Å². The molecule has 4 aromatic heterocycles. The Morgan fingerprint density at radius 3 is 1.39 bits per heavy atom. The number of nitrogens with zero attached hydrogens (tertiary/aromatic N) is 6. The van der Waals surface area contributed by atoms with Gasteiger partial charge in [0.2, 0.25) is 0 Å². The molecule has 0 saturated heterocycles. The van der Waals surface area contributed by atoms with E-state index in [1.165, 1.54) is 56.1 Å². The highest BCUT2D eigenvalue weighted by Gasteiger charge is 2.35. The van der Waals surface area contributed by atoms with Crippen molar-refractivity contribution in [1.82, 2.24) is 29.1 Å². The van der Waals surface area contributed by atoms with Crippen LogP contribution in [0.4, 0.5) is 0 Å². The zero-order valence-electron chi connectivity index (χ0n) is 38.7. The van der Waals surface area contributed by atoms with Gasteiger partial charge in [-0.3, -0.25) is 0 Å². The van der Waals surface area contributed by atoms with Gasteiger partial charge in [-0.1, -0.05) is 72.8 Å². The minimum absolute atomic E-state index is 0.320. The van der Waals surface area contributed by atoms with E-state index in [9.17, 15) is 10.2 Å². The molecule has 0 radical (unpaired) electrons. The molecule has 4 aromatic carbocycles. The molecule has 0 bridgehead atoms. The standard InChI is InChI=1S/2C28H31N3OS/c2*1-17-29-26-22(11-13-25(26)33-17)28-30-23-12-9-19(16-24(23)31(28)2)14-18-8-10-21(15-18)27(32)20-6-4-3-5-7-20/h2*3-7,9,12,16,18,21-22,27,32H,8,10-11,13-15H2,1-2H3/t18?,21-,22+,27+;18?,21-,22-,27+/m00/s1. The topological polar surface area (TPSA) is 102 Å². The van der Waals surface area contributed by atoms with Gasteiger partial charge in [0.05, 0.1) is 67.5 Å². The van der Waals surface area contributed by atoms with Crippen molar-refractivity contribution in [3.05, 3.63) is 162 Å². The molecule has 8 atom stereocenters. The molecular formula is C56H62N6O2S2. The molecule has 8 nitrogen and oxygen atoms in total. The maximum atomic E-state index is 10.8. The number of imidazole rings is 2. The first kappa shape index (κ1) is 43.6. The van der Waals surface area contributed by atoms with Gasteiger partial charge >= 0.3 is 0 Å². The number of aromatic nitrogens is 6. The third kappa shape index (κ3) is 8.48. The number of aliphatic hydroxyl groups is 2. The van der Waals surface area contributed by atoms with Crippen LogP contribution in [0.2, 0.25) is 0 Å². The summed E-state index contributed by atoms with van der Waals surface area (Å²) in [5.41, 5.74) is 12.0. The van der Waals surface area contributed by atoms with Gasteiger partial charge in [-0.25, -0.2) is 19.9 Å². The van der Waals surface area contributed by atoms with Crippen LogP contribution in [-0.2, 0) is 39.8 Å². The third-order valence-electron chi connectivity index (χ3n) is 15.6. The first-order valence-electron chi connectivity index (χ1n) is 24.4. The van der Waals surface area contributed by atoms with Crippen LogP contribution in [0.5, 0.6) is 0 Å². The van der Waals surface area contributed by atoms with Crippen molar-refractivity contribution in [2.75, 3.05) is 0 Å². The lowest BCUT2D eigenvalue weighted by atomic mass is 9.91. The predicted molar refractivity (Wildman–Crippen MR) is 267 cm³/mol. The Hall–Kier alpha value is -5.00. The first-order chi connectivity index (χ1) is 32.1. The number of thiazole rings is 2. The van der Waals surface area contributed by atoms with Crippen molar-refractivity contribution in [2.24, 2.45) is 37.8 Å².